The largest absolute Gasteiger partial charge is 0.334 e. The number of hydrogen-bond acceptors (Lipinski definition) is 2. The first-order valence-electron chi connectivity index (χ1n) is 9.16. The van der Waals surface area contributed by atoms with Crippen molar-refractivity contribution >= 4 is 5.91 Å². The quantitative estimate of drug-likeness (QED) is 0.813. The van der Waals surface area contributed by atoms with E-state index in [4.69, 9.17) is 0 Å². The lowest BCUT2D eigenvalue weighted by atomic mass is 9.78. The monoisotopic (exact) mass is 320 g/mol. The standard InChI is InChI=1S/C21H24N2O/c24-21(23-15-7-11-17-10-4-5-14-20(17)23)19-13-6-12-18(22-19)16-8-2-1-3-9-16/h1-3,6,8-9,12-13,17,20H,4-5,7,10-11,14-15H2. The van der Waals surface area contributed by atoms with Crippen molar-refractivity contribution in [3.8, 4) is 11.3 Å². The molecule has 2 heterocycles. The summed E-state index contributed by atoms with van der Waals surface area (Å²) in [5.41, 5.74) is 2.52. The number of piperidine rings is 1. The van der Waals surface area contributed by atoms with Crippen LogP contribution in [0.2, 0.25) is 0 Å². The highest BCUT2D eigenvalue weighted by atomic mass is 16.2. The second kappa shape index (κ2) is 6.76. The molecule has 1 aliphatic carbocycles. The number of aromatic nitrogens is 1. The molecule has 1 aromatic carbocycles. The van der Waals surface area contributed by atoms with Crippen molar-refractivity contribution in [2.75, 3.05) is 6.54 Å². The zero-order valence-corrected chi connectivity index (χ0v) is 14.0. The van der Waals surface area contributed by atoms with E-state index in [1.807, 2.05) is 48.5 Å². The van der Waals surface area contributed by atoms with Crippen molar-refractivity contribution in [2.24, 2.45) is 5.92 Å². The van der Waals surface area contributed by atoms with Crippen molar-refractivity contribution in [3.05, 3.63) is 54.2 Å². The molecule has 0 spiro atoms. The SMILES string of the molecule is O=C(c1cccc(-c2ccccc2)n1)N1CCCC2CCCCC21. The summed E-state index contributed by atoms with van der Waals surface area (Å²) < 4.78 is 0. The molecule has 0 N–H and O–H groups in total. The van der Waals surface area contributed by atoms with Gasteiger partial charge in [0.15, 0.2) is 0 Å². The molecule has 3 nitrogen and oxygen atoms in total. The van der Waals surface area contributed by atoms with E-state index in [1.54, 1.807) is 0 Å². The number of pyridine rings is 1. The van der Waals surface area contributed by atoms with Gasteiger partial charge in [-0.1, -0.05) is 49.2 Å². The molecule has 24 heavy (non-hydrogen) atoms. The molecule has 2 aliphatic rings. The first-order chi connectivity index (χ1) is 11.8. The Hall–Kier alpha value is -2.16. The lowest BCUT2D eigenvalue weighted by Crippen LogP contribution is -2.49. The third-order valence-corrected chi connectivity index (χ3v) is 5.54. The zero-order chi connectivity index (χ0) is 16.4. The normalized spacial score (nSPS) is 23.6. The molecular weight excluding hydrogens is 296 g/mol. The molecule has 2 aromatic rings. The topological polar surface area (TPSA) is 33.2 Å². The van der Waals surface area contributed by atoms with Crippen LogP contribution < -0.4 is 0 Å². The fourth-order valence-corrected chi connectivity index (χ4v) is 4.35. The van der Waals surface area contributed by atoms with Gasteiger partial charge in [-0.2, -0.15) is 0 Å². The Kier molecular flexibility index (Phi) is 4.33. The predicted molar refractivity (Wildman–Crippen MR) is 95.7 cm³/mol. The Bertz CT molecular complexity index is 711. The van der Waals surface area contributed by atoms with Crippen LogP contribution in [0.15, 0.2) is 48.5 Å². The molecule has 1 aromatic heterocycles. The van der Waals surface area contributed by atoms with Crippen LogP contribution >= 0.6 is 0 Å². The Labute approximate surface area is 143 Å². The Morgan fingerprint density at radius 1 is 0.917 bits per heavy atom. The maximum Gasteiger partial charge on any atom is 0.272 e. The molecule has 1 amide bonds. The second-order valence-corrected chi connectivity index (χ2v) is 7.03. The Morgan fingerprint density at radius 3 is 2.58 bits per heavy atom. The highest BCUT2D eigenvalue weighted by Crippen LogP contribution is 2.35. The summed E-state index contributed by atoms with van der Waals surface area (Å²) in [6.45, 7) is 0.886. The van der Waals surface area contributed by atoms with Crippen molar-refractivity contribution in [1.29, 1.82) is 0 Å². The number of rotatable bonds is 2. The smallest absolute Gasteiger partial charge is 0.272 e. The number of nitrogens with zero attached hydrogens (tertiary/aromatic N) is 2. The number of benzene rings is 1. The lowest BCUT2D eigenvalue weighted by molar-refractivity contribution is 0.0385. The van der Waals surface area contributed by atoms with Gasteiger partial charge in [-0.3, -0.25) is 4.79 Å². The lowest BCUT2D eigenvalue weighted by Gasteiger charge is -2.44. The van der Waals surface area contributed by atoms with Crippen molar-refractivity contribution in [3.63, 3.8) is 0 Å². The molecule has 3 heteroatoms. The van der Waals surface area contributed by atoms with Crippen LogP contribution in [-0.2, 0) is 0 Å². The summed E-state index contributed by atoms with van der Waals surface area (Å²) in [7, 11) is 0. The fraction of sp³-hybridized carbons (Fsp3) is 0.429. The van der Waals surface area contributed by atoms with Crippen molar-refractivity contribution in [2.45, 2.75) is 44.6 Å². The number of hydrogen-bond donors (Lipinski definition) is 0. The molecular formula is C21H24N2O. The van der Waals surface area contributed by atoms with Gasteiger partial charge in [-0.25, -0.2) is 4.98 Å². The zero-order valence-electron chi connectivity index (χ0n) is 14.0. The average Bonchev–Trinajstić information content (AvgIpc) is 2.68. The summed E-state index contributed by atoms with van der Waals surface area (Å²) in [4.78, 5) is 19.9. The van der Waals surface area contributed by atoms with Gasteiger partial charge in [0.25, 0.3) is 5.91 Å². The van der Waals surface area contributed by atoms with Gasteiger partial charge in [-0.15, -0.1) is 0 Å². The molecule has 2 fully saturated rings. The van der Waals surface area contributed by atoms with E-state index < -0.39 is 0 Å². The number of likely N-dealkylation sites (tertiary alicyclic amines) is 1. The van der Waals surface area contributed by atoms with E-state index in [1.165, 1.54) is 25.7 Å². The minimum absolute atomic E-state index is 0.115. The molecule has 2 atom stereocenters. The van der Waals surface area contributed by atoms with Crippen LogP contribution in [0.4, 0.5) is 0 Å². The van der Waals surface area contributed by atoms with Crippen LogP contribution in [0.25, 0.3) is 11.3 Å². The van der Waals surface area contributed by atoms with E-state index in [0.29, 0.717) is 17.7 Å². The van der Waals surface area contributed by atoms with Crippen molar-refractivity contribution in [1.82, 2.24) is 9.88 Å². The first kappa shape index (κ1) is 15.4. The van der Waals surface area contributed by atoms with Gasteiger partial charge in [0.05, 0.1) is 5.69 Å². The maximum absolute atomic E-state index is 13.1. The number of fused-ring (bicyclic) bond motifs is 1. The van der Waals surface area contributed by atoms with E-state index in [9.17, 15) is 4.79 Å². The van der Waals surface area contributed by atoms with Gasteiger partial charge in [0.1, 0.15) is 5.69 Å². The van der Waals surface area contributed by atoms with Crippen LogP contribution in [-0.4, -0.2) is 28.4 Å². The molecule has 1 saturated carbocycles. The van der Waals surface area contributed by atoms with Gasteiger partial charge in [0, 0.05) is 18.2 Å². The minimum Gasteiger partial charge on any atom is -0.334 e. The third-order valence-electron chi connectivity index (χ3n) is 5.54. The third kappa shape index (κ3) is 2.95. The summed E-state index contributed by atoms with van der Waals surface area (Å²) in [5, 5.41) is 0. The van der Waals surface area contributed by atoms with Crippen LogP contribution in [0, 0.1) is 5.92 Å². The van der Waals surface area contributed by atoms with Gasteiger partial charge >= 0.3 is 0 Å². The van der Waals surface area contributed by atoms with E-state index in [-0.39, 0.29) is 5.91 Å². The Balaban J connectivity index is 1.60. The molecule has 2 unspecified atom stereocenters. The number of carbonyl (C=O) groups excluding carboxylic acids is 1. The fourth-order valence-electron chi connectivity index (χ4n) is 4.35. The maximum atomic E-state index is 13.1. The number of carbonyl (C=O) groups is 1. The van der Waals surface area contributed by atoms with E-state index >= 15 is 0 Å². The van der Waals surface area contributed by atoms with Gasteiger partial charge in [0.2, 0.25) is 0 Å². The first-order valence-corrected chi connectivity index (χ1v) is 9.16. The highest BCUT2D eigenvalue weighted by Gasteiger charge is 2.36. The van der Waals surface area contributed by atoms with Crippen LogP contribution in [0.1, 0.15) is 49.0 Å². The van der Waals surface area contributed by atoms with Gasteiger partial charge in [-0.05, 0) is 43.7 Å². The molecule has 0 bridgehead atoms. The summed E-state index contributed by atoms with van der Waals surface area (Å²) >= 11 is 0. The highest BCUT2D eigenvalue weighted by molar-refractivity contribution is 5.93. The number of amides is 1. The summed E-state index contributed by atoms with van der Waals surface area (Å²) in [5.74, 6) is 0.818. The molecule has 1 saturated heterocycles. The van der Waals surface area contributed by atoms with Crippen LogP contribution in [0.3, 0.4) is 0 Å². The predicted octanol–water partition coefficient (Wildman–Crippen LogP) is 4.54. The molecule has 0 radical (unpaired) electrons. The average molecular weight is 320 g/mol. The summed E-state index contributed by atoms with van der Waals surface area (Å²) in [6.07, 6.45) is 7.44. The Morgan fingerprint density at radius 2 is 1.71 bits per heavy atom. The summed E-state index contributed by atoms with van der Waals surface area (Å²) in [6, 6.07) is 16.3. The van der Waals surface area contributed by atoms with Crippen LogP contribution in [0.5, 0.6) is 0 Å². The van der Waals surface area contributed by atoms with Gasteiger partial charge < -0.3 is 4.90 Å². The second-order valence-electron chi connectivity index (χ2n) is 7.03. The molecule has 124 valence electrons. The van der Waals surface area contributed by atoms with E-state index in [0.717, 1.165) is 30.6 Å². The molecule has 1 aliphatic heterocycles. The van der Waals surface area contributed by atoms with Crippen molar-refractivity contribution < 1.29 is 4.79 Å². The minimum atomic E-state index is 0.115. The molecule has 4 rings (SSSR count). The van der Waals surface area contributed by atoms with E-state index in [2.05, 4.69) is 9.88 Å².